The van der Waals surface area contributed by atoms with Crippen LogP contribution in [0.1, 0.15) is 11.3 Å². The van der Waals surface area contributed by atoms with Crippen LogP contribution in [-0.2, 0) is 13.0 Å². The van der Waals surface area contributed by atoms with Crippen LogP contribution in [0.3, 0.4) is 0 Å². The molecule has 1 N–H and O–H groups in total. The molecule has 0 radical (unpaired) electrons. The number of imidazole rings is 1. The van der Waals surface area contributed by atoms with Gasteiger partial charge in [-0.05, 0) is 35.7 Å². The third kappa shape index (κ3) is 3.20. The molecular formula is C13H17N3S. The van der Waals surface area contributed by atoms with E-state index in [0.717, 1.165) is 31.2 Å². The molecule has 2 aromatic heterocycles. The Balaban J connectivity index is 2.01. The van der Waals surface area contributed by atoms with Gasteiger partial charge in [-0.25, -0.2) is 4.98 Å². The zero-order valence-electron chi connectivity index (χ0n) is 10.0. The van der Waals surface area contributed by atoms with E-state index in [1.807, 2.05) is 13.0 Å². The van der Waals surface area contributed by atoms with Crippen molar-refractivity contribution >= 4 is 17.3 Å². The molecule has 0 amide bonds. The minimum atomic E-state index is 0.745. The van der Waals surface area contributed by atoms with E-state index in [9.17, 15) is 0 Å². The van der Waals surface area contributed by atoms with Gasteiger partial charge in [0.2, 0.25) is 5.95 Å². The summed E-state index contributed by atoms with van der Waals surface area (Å²) in [7, 11) is 0. The quantitative estimate of drug-likeness (QED) is 0.795. The zero-order chi connectivity index (χ0) is 12.1. The molecule has 0 aliphatic rings. The lowest BCUT2D eigenvalue weighted by molar-refractivity contribution is 0.702. The molecule has 0 atom stereocenters. The van der Waals surface area contributed by atoms with Gasteiger partial charge >= 0.3 is 0 Å². The fraction of sp³-hybridized carbons (Fsp3) is 0.308. The maximum Gasteiger partial charge on any atom is 0.203 e. The van der Waals surface area contributed by atoms with Crippen molar-refractivity contribution in [3.8, 4) is 0 Å². The molecule has 0 unspecified atom stereocenters. The largest absolute Gasteiger partial charge is 0.352 e. The van der Waals surface area contributed by atoms with Gasteiger partial charge in [-0.15, -0.1) is 6.58 Å². The van der Waals surface area contributed by atoms with E-state index in [1.165, 1.54) is 5.56 Å². The third-order valence-electron chi connectivity index (χ3n) is 2.52. The molecule has 2 aromatic rings. The number of aryl methyl sites for hydroxylation is 3. The second kappa shape index (κ2) is 5.68. The first-order chi connectivity index (χ1) is 8.29. The van der Waals surface area contributed by atoms with Crippen molar-refractivity contribution in [2.75, 3.05) is 11.9 Å². The summed E-state index contributed by atoms with van der Waals surface area (Å²) in [5, 5.41) is 7.56. The van der Waals surface area contributed by atoms with Gasteiger partial charge in [-0.2, -0.15) is 11.3 Å². The van der Waals surface area contributed by atoms with Crippen LogP contribution in [0.2, 0.25) is 0 Å². The van der Waals surface area contributed by atoms with Crippen LogP contribution in [-0.4, -0.2) is 16.1 Å². The lowest BCUT2D eigenvalue weighted by Gasteiger charge is -2.07. The summed E-state index contributed by atoms with van der Waals surface area (Å²) in [6, 6.07) is 2.17. The Bertz CT molecular complexity index is 471. The minimum Gasteiger partial charge on any atom is -0.352 e. The average molecular weight is 247 g/mol. The molecule has 0 spiro atoms. The summed E-state index contributed by atoms with van der Waals surface area (Å²) >= 11 is 1.74. The number of hydrogen-bond acceptors (Lipinski definition) is 3. The van der Waals surface area contributed by atoms with E-state index in [2.05, 4.69) is 44.5 Å². The standard InChI is InChI=1S/C13H17N3S/c1-3-6-14-13-15-11(2)9-16(13)7-4-12-5-8-17-10-12/h3,5,8-10H,1,4,6-7H2,2H3,(H,14,15). The second-order valence-electron chi connectivity index (χ2n) is 3.95. The van der Waals surface area contributed by atoms with Crippen LogP contribution in [0.5, 0.6) is 0 Å². The Hall–Kier alpha value is -1.55. The number of nitrogens with zero attached hydrogens (tertiary/aromatic N) is 2. The van der Waals surface area contributed by atoms with Gasteiger partial charge in [0, 0.05) is 19.3 Å². The molecular weight excluding hydrogens is 230 g/mol. The molecule has 0 saturated heterocycles. The SMILES string of the molecule is C=CCNc1nc(C)cn1CCc1ccsc1. The third-order valence-corrected chi connectivity index (χ3v) is 3.26. The lowest BCUT2D eigenvalue weighted by atomic mass is 10.2. The Morgan fingerprint density at radius 3 is 3.18 bits per heavy atom. The molecule has 4 heteroatoms. The van der Waals surface area contributed by atoms with Crippen molar-refractivity contribution in [3.63, 3.8) is 0 Å². The van der Waals surface area contributed by atoms with Gasteiger partial charge in [0.25, 0.3) is 0 Å². The number of thiophene rings is 1. The number of rotatable bonds is 6. The highest BCUT2D eigenvalue weighted by atomic mass is 32.1. The Morgan fingerprint density at radius 2 is 2.47 bits per heavy atom. The molecule has 3 nitrogen and oxygen atoms in total. The molecule has 0 bridgehead atoms. The highest BCUT2D eigenvalue weighted by molar-refractivity contribution is 7.07. The first kappa shape index (κ1) is 11.9. The molecule has 0 aromatic carbocycles. The molecule has 0 saturated carbocycles. The zero-order valence-corrected chi connectivity index (χ0v) is 10.8. The number of anilines is 1. The normalized spacial score (nSPS) is 10.4. The number of nitrogens with one attached hydrogen (secondary N) is 1. The minimum absolute atomic E-state index is 0.745. The van der Waals surface area contributed by atoms with Crippen LogP contribution in [0, 0.1) is 6.92 Å². The number of aromatic nitrogens is 2. The molecule has 0 aliphatic carbocycles. The Labute approximate surface area is 106 Å². The van der Waals surface area contributed by atoms with Gasteiger partial charge in [0.1, 0.15) is 0 Å². The summed E-state index contributed by atoms with van der Waals surface area (Å²) in [6.45, 7) is 7.42. The van der Waals surface area contributed by atoms with Crippen LogP contribution < -0.4 is 5.32 Å². The summed E-state index contributed by atoms with van der Waals surface area (Å²) in [5.74, 6) is 0.928. The van der Waals surface area contributed by atoms with Crippen molar-refractivity contribution in [1.29, 1.82) is 0 Å². The Kier molecular flexibility index (Phi) is 3.98. The smallest absolute Gasteiger partial charge is 0.203 e. The van der Waals surface area contributed by atoms with Gasteiger partial charge in [-0.3, -0.25) is 0 Å². The van der Waals surface area contributed by atoms with Crippen LogP contribution in [0.25, 0.3) is 0 Å². The van der Waals surface area contributed by atoms with Crippen molar-refractivity contribution in [1.82, 2.24) is 9.55 Å². The van der Waals surface area contributed by atoms with Crippen LogP contribution >= 0.6 is 11.3 Å². The summed E-state index contributed by atoms with van der Waals surface area (Å²) in [4.78, 5) is 4.45. The fourth-order valence-electron chi connectivity index (χ4n) is 1.71. The molecule has 2 rings (SSSR count). The van der Waals surface area contributed by atoms with Gasteiger partial charge in [0.05, 0.1) is 5.69 Å². The van der Waals surface area contributed by atoms with Crippen LogP contribution in [0.15, 0.2) is 35.7 Å². The summed E-state index contributed by atoms with van der Waals surface area (Å²) in [5.41, 5.74) is 2.43. The lowest BCUT2D eigenvalue weighted by Crippen LogP contribution is -2.08. The van der Waals surface area contributed by atoms with E-state index in [1.54, 1.807) is 11.3 Å². The van der Waals surface area contributed by atoms with Crippen LogP contribution in [0.4, 0.5) is 5.95 Å². The van der Waals surface area contributed by atoms with Crippen molar-refractivity contribution in [3.05, 3.63) is 46.9 Å². The maximum absolute atomic E-state index is 4.45. The highest BCUT2D eigenvalue weighted by Crippen LogP contribution is 2.12. The van der Waals surface area contributed by atoms with E-state index >= 15 is 0 Å². The predicted molar refractivity (Wildman–Crippen MR) is 73.7 cm³/mol. The first-order valence-corrected chi connectivity index (χ1v) is 6.63. The van der Waals surface area contributed by atoms with E-state index in [0.29, 0.717) is 0 Å². The fourth-order valence-corrected chi connectivity index (χ4v) is 2.41. The number of hydrogen-bond donors (Lipinski definition) is 1. The molecule has 0 aliphatic heterocycles. The topological polar surface area (TPSA) is 29.9 Å². The Morgan fingerprint density at radius 1 is 1.59 bits per heavy atom. The van der Waals surface area contributed by atoms with Gasteiger partial charge < -0.3 is 9.88 Å². The van der Waals surface area contributed by atoms with E-state index in [-0.39, 0.29) is 0 Å². The first-order valence-electron chi connectivity index (χ1n) is 5.69. The summed E-state index contributed by atoms with van der Waals surface area (Å²) in [6.07, 6.45) is 4.97. The van der Waals surface area contributed by atoms with E-state index in [4.69, 9.17) is 0 Å². The average Bonchev–Trinajstić information content (AvgIpc) is 2.93. The molecule has 17 heavy (non-hydrogen) atoms. The molecule has 90 valence electrons. The highest BCUT2D eigenvalue weighted by Gasteiger charge is 2.04. The molecule has 0 fully saturated rings. The van der Waals surface area contributed by atoms with E-state index < -0.39 is 0 Å². The summed E-state index contributed by atoms with van der Waals surface area (Å²) < 4.78 is 2.16. The molecule has 2 heterocycles. The van der Waals surface area contributed by atoms with Crippen molar-refractivity contribution in [2.45, 2.75) is 19.9 Å². The van der Waals surface area contributed by atoms with Gasteiger partial charge in [-0.1, -0.05) is 6.08 Å². The van der Waals surface area contributed by atoms with Crippen molar-refractivity contribution < 1.29 is 0 Å². The van der Waals surface area contributed by atoms with Crippen molar-refractivity contribution in [2.24, 2.45) is 0 Å². The monoisotopic (exact) mass is 247 g/mol. The maximum atomic E-state index is 4.45. The van der Waals surface area contributed by atoms with Gasteiger partial charge in [0.15, 0.2) is 0 Å². The second-order valence-corrected chi connectivity index (χ2v) is 4.73. The predicted octanol–water partition coefficient (Wildman–Crippen LogP) is 3.09.